The molecule has 0 aliphatic heterocycles. The summed E-state index contributed by atoms with van der Waals surface area (Å²) in [6, 6.07) is 7.07. The highest BCUT2D eigenvalue weighted by molar-refractivity contribution is 8.16. The van der Waals surface area contributed by atoms with Crippen molar-refractivity contribution in [2.24, 2.45) is 0 Å². The van der Waals surface area contributed by atoms with E-state index in [0.29, 0.717) is 5.56 Å². The lowest BCUT2D eigenvalue weighted by atomic mass is 10.1. The fourth-order valence-corrected chi connectivity index (χ4v) is 1.55. The van der Waals surface area contributed by atoms with Gasteiger partial charge >= 0.3 is 5.97 Å². The van der Waals surface area contributed by atoms with Crippen LogP contribution in [-0.2, 0) is 9.53 Å². The number of esters is 1. The van der Waals surface area contributed by atoms with Crippen LogP contribution >= 0.6 is 11.8 Å². The van der Waals surface area contributed by atoms with Crippen LogP contribution in [0.15, 0.2) is 29.7 Å². The van der Waals surface area contributed by atoms with Crippen molar-refractivity contribution >= 4 is 28.9 Å². The van der Waals surface area contributed by atoms with Gasteiger partial charge in [-0.3, -0.25) is 4.79 Å². The van der Waals surface area contributed by atoms with Gasteiger partial charge in [-0.05, 0) is 23.1 Å². The summed E-state index contributed by atoms with van der Waals surface area (Å²) in [5.41, 5.74) is 1.23. The molecule has 0 fully saturated rings. The molecule has 0 unspecified atom stereocenters. The molecule has 1 rings (SSSR count). The largest absolute Gasteiger partial charge is 0.465 e. The van der Waals surface area contributed by atoms with E-state index in [1.807, 2.05) is 6.07 Å². The summed E-state index contributed by atoms with van der Waals surface area (Å²) in [6.45, 7) is 1.49. The van der Waals surface area contributed by atoms with E-state index in [4.69, 9.17) is 0 Å². The maximum Gasteiger partial charge on any atom is 0.338 e. The maximum atomic E-state index is 11.4. The average Bonchev–Trinajstić information content (AvgIpc) is 2.28. The molecule has 0 N–H and O–H groups in total. The Morgan fingerprint density at radius 2 is 2.00 bits per heavy atom. The maximum absolute atomic E-state index is 11.4. The first-order valence-corrected chi connectivity index (χ1v) is 5.54. The first-order chi connectivity index (χ1) is 7.65. The van der Waals surface area contributed by atoms with Crippen molar-refractivity contribution in [2.45, 2.75) is 6.92 Å². The van der Waals surface area contributed by atoms with Crippen LogP contribution in [0.1, 0.15) is 22.8 Å². The highest BCUT2D eigenvalue weighted by atomic mass is 32.2. The number of carbonyl (C=O) groups excluding carboxylic acids is 2. The van der Waals surface area contributed by atoms with E-state index >= 15 is 0 Å². The van der Waals surface area contributed by atoms with E-state index in [0.717, 1.165) is 17.3 Å². The molecule has 0 heterocycles. The molecule has 84 valence electrons. The van der Waals surface area contributed by atoms with Crippen molar-refractivity contribution in [1.82, 2.24) is 0 Å². The molecule has 0 bridgehead atoms. The van der Waals surface area contributed by atoms with E-state index in [9.17, 15) is 9.59 Å². The lowest BCUT2D eigenvalue weighted by Crippen LogP contribution is -2.02. The third-order valence-electron chi connectivity index (χ3n) is 1.85. The van der Waals surface area contributed by atoms with Gasteiger partial charge in [-0.15, -0.1) is 0 Å². The number of methoxy groups -OCH3 is 1. The van der Waals surface area contributed by atoms with Crippen molar-refractivity contribution in [3.8, 4) is 0 Å². The smallest absolute Gasteiger partial charge is 0.338 e. The van der Waals surface area contributed by atoms with Gasteiger partial charge in [-0.1, -0.05) is 30.0 Å². The van der Waals surface area contributed by atoms with Crippen LogP contribution in [0.2, 0.25) is 0 Å². The standard InChI is InChI=1S/C12H12O3S/c1-9(13)16-8-7-10-5-3-4-6-11(10)12(14)15-2/h3-8H,1-2H3/b8-7+. The first kappa shape index (κ1) is 12.5. The van der Waals surface area contributed by atoms with Crippen LogP contribution in [0.3, 0.4) is 0 Å². The SMILES string of the molecule is COC(=O)c1ccccc1/C=C/SC(C)=O. The Labute approximate surface area is 98.5 Å². The molecule has 1 aromatic rings. The molecule has 0 spiro atoms. The molecule has 4 heteroatoms. The monoisotopic (exact) mass is 236 g/mol. The van der Waals surface area contributed by atoms with Gasteiger partial charge in [-0.25, -0.2) is 4.79 Å². The molecule has 0 saturated carbocycles. The number of benzene rings is 1. The third kappa shape index (κ3) is 3.55. The molecule has 0 atom stereocenters. The van der Waals surface area contributed by atoms with Crippen LogP contribution < -0.4 is 0 Å². The zero-order valence-corrected chi connectivity index (χ0v) is 9.91. The van der Waals surface area contributed by atoms with Crippen LogP contribution in [0.4, 0.5) is 0 Å². The zero-order valence-electron chi connectivity index (χ0n) is 9.10. The van der Waals surface area contributed by atoms with Crippen LogP contribution in [-0.4, -0.2) is 18.2 Å². The summed E-state index contributed by atoms with van der Waals surface area (Å²) in [6.07, 6.45) is 1.72. The molecule has 0 saturated heterocycles. The summed E-state index contributed by atoms with van der Waals surface area (Å²) in [5, 5.41) is 1.66. The van der Waals surface area contributed by atoms with Crippen molar-refractivity contribution in [1.29, 1.82) is 0 Å². The van der Waals surface area contributed by atoms with E-state index < -0.39 is 0 Å². The second-order valence-corrected chi connectivity index (χ2v) is 4.07. The molecule has 0 radical (unpaired) electrons. The topological polar surface area (TPSA) is 43.4 Å². The summed E-state index contributed by atoms with van der Waals surface area (Å²) in [7, 11) is 1.34. The van der Waals surface area contributed by atoms with Gasteiger partial charge < -0.3 is 4.74 Å². The molecular formula is C12H12O3S. The molecule has 0 aliphatic rings. The lowest BCUT2D eigenvalue weighted by Gasteiger charge is -2.02. The molecule has 1 aromatic carbocycles. The second kappa shape index (κ2) is 6.12. The van der Waals surface area contributed by atoms with Crippen LogP contribution in [0, 0.1) is 0 Å². The van der Waals surface area contributed by atoms with Gasteiger partial charge in [0.2, 0.25) is 0 Å². The minimum Gasteiger partial charge on any atom is -0.465 e. The predicted molar refractivity (Wildman–Crippen MR) is 65.1 cm³/mol. The Morgan fingerprint density at radius 1 is 1.31 bits per heavy atom. The predicted octanol–water partition coefficient (Wildman–Crippen LogP) is 2.72. The fraction of sp³-hybridized carbons (Fsp3) is 0.167. The average molecular weight is 236 g/mol. The van der Waals surface area contributed by atoms with Gasteiger partial charge in [0.1, 0.15) is 0 Å². The normalized spacial score (nSPS) is 10.4. The minimum absolute atomic E-state index is 0.00630. The molecule has 0 aliphatic carbocycles. The number of ether oxygens (including phenoxy) is 1. The number of rotatable bonds is 3. The van der Waals surface area contributed by atoms with Crippen molar-refractivity contribution < 1.29 is 14.3 Å². The quantitative estimate of drug-likeness (QED) is 0.757. The van der Waals surface area contributed by atoms with E-state index in [1.54, 1.807) is 29.7 Å². The molecule has 0 amide bonds. The number of carbonyl (C=O) groups is 2. The fourth-order valence-electron chi connectivity index (χ4n) is 1.14. The highest BCUT2D eigenvalue weighted by Gasteiger charge is 2.08. The van der Waals surface area contributed by atoms with Crippen LogP contribution in [0.25, 0.3) is 6.08 Å². The summed E-state index contributed by atoms with van der Waals surface area (Å²) in [5.74, 6) is -0.381. The van der Waals surface area contributed by atoms with Gasteiger partial charge in [0.25, 0.3) is 0 Å². The summed E-state index contributed by atoms with van der Waals surface area (Å²) >= 11 is 1.08. The second-order valence-electron chi connectivity index (χ2n) is 2.99. The number of thioether (sulfide) groups is 1. The number of hydrogen-bond donors (Lipinski definition) is 0. The Morgan fingerprint density at radius 3 is 2.62 bits per heavy atom. The van der Waals surface area contributed by atoms with Crippen LogP contribution in [0.5, 0.6) is 0 Å². The van der Waals surface area contributed by atoms with Gasteiger partial charge in [0, 0.05) is 6.92 Å². The zero-order chi connectivity index (χ0) is 12.0. The molecule has 0 aromatic heterocycles. The first-order valence-electron chi connectivity index (χ1n) is 4.66. The molecule has 3 nitrogen and oxygen atoms in total. The van der Waals surface area contributed by atoms with E-state index in [-0.39, 0.29) is 11.1 Å². The van der Waals surface area contributed by atoms with Gasteiger partial charge in [0.05, 0.1) is 12.7 Å². The number of hydrogen-bond acceptors (Lipinski definition) is 4. The van der Waals surface area contributed by atoms with Crippen molar-refractivity contribution in [3.05, 3.63) is 40.8 Å². The minimum atomic E-state index is -0.381. The third-order valence-corrected chi connectivity index (χ3v) is 2.45. The van der Waals surface area contributed by atoms with Gasteiger partial charge in [0.15, 0.2) is 5.12 Å². The Hall–Kier alpha value is -1.55. The van der Waals surface area contributed by atoms with E-state index in [1.165, 1.54) is 14.0 Å². The van der Waals surface area contributed by atoms with Crippen molar-refractivity contribution in [2.75, 3.05) is 7.11 Å². The molecular weight excluding hydrogens is 224 g/mol. The Kier molecular flexibility index (Phi) is 4.79. The lowest BCUT2D eigenvalue weighted by molar-refractivity contribution is -0.109. The van der Waals surface area contributed by atoms with Gasteiger partial charge in [-0.2, -0.15) is 0 Å². The summed E-state index contributed by atoms with van der Waals surface area (Å²) < 4.78 is 4.66. The Balaban J connectivity index is 2.91. The summed E-state index contributed by atoms with van der Waals surface area (Å²) in [4.78, 5) is 22.1. The van der Waals surface area contributed by atoms with Crippen molar-refractivity contribution in [3.63, 3.8) is 0 Å². The van der Waals surface area contributed by atoms with E-state index in [2.05, 4.69) is 4.74 Å². The Bertz CT molecular complexity index is 424. The molecule has 16 heavy (non-hydrogen) atoms. The highest BCUT2D eigenvalue weighted by Crippen LogP contribution is 2.14.